The molecule has 0 unspecified atom stereocenters. The van der Waals surface area contributed by atoms with Gasteiger partial charge in [-0.2, -0.15) is 0 Å². The maximum absolute atomic E-state index is 12.0. The molecule has 1 aromatic rings. The Hall–Kier alpha value is -2.41. The van der Waals surface area contributed by atoms with Crippen LogP contribution in [0, 0.1) is 0 Å². The lowest BCUT2D eigenvalue weighted by molar-refractivity contribution is -0.150. The van der Waals surface area contributed by atoms with E-state index < -0.39 is 24.1 Å². The Morgan fingerprint density at radius 1 is 1.24 bits per heavy atom. The van der Waals surface area contributed by atoms with Crippen LogP contribution in [0.25, 0.3) is 0 Å². The van der Waals surface area contributed by atoms with Crippen molar-refractivity contribution in [3.8, 4) is 0 Å². The molecule has 1 aliphatic heterocycles. The summed E-state index contributed by atoms with van der Waals surface area (Å²) >= 11 is 0. The fourth-order valence-corrected chi connectivity index (χ4v) is 2.12. The van der Waals surface area contributed by atoms with Gasteiger partial charge in [0.1, 0.15) is 6.10 Å². The van der Waals surface area contributed by atoms with Gasteiger partial charge in [-0.15, -0.1) is 0 Å². The molecule has 0 radical (unpaired) electrons. The first-order valence-electron chi connectivity index (χ1n) is 6.52. The molecule has 2 atom stereocenters. The molecular formula is C14H16N2O5. The van der Waals surface area contributed by atoms with Crippen LogP contribution in [0.5, 0.6) is 0 Å². The zero-order valence-corrected chi connectivity index (χ0v) is 11.5. The van der Waals surface area contributed by atoms with Gasteiger partial charge in [-0.1, -0.05) is 6.07 Å². The third-order valence-corrected chi connectivity index (χ3v) is 3.21. The maximum Gasteiger partial charge on any atom is 0.332 e. The Morgan fingerprint density at radius 3 is 2.57 bits per heavy atom. The molecule has 0 bridgehead atoms. The molecule has 3 N–H and O–H groups in total. The average Bonchev–Trinajstić information content (AvgIpc) is 2.97. The van der Waals surface area contributed by atoms with E-state index in [0.717, 1.165) is 0 Å². The molecule has 1 saturated heterocycles. The fraction of sp³-hybridized carbons (Fsp3) is 0.357. The van der Waals surface area contributed by atoms with E-state index in [2.05, 4.69) is 10.6 Å². The lowest BCUT2D eigenvalue weighted by Gasteiger charge is -2.12. The van der Waals surface area contributed by atoms with Gasteiger partial charge >= 0.3 is 5.97 Å². The van der Waals surface area contributed by atoms with Crippen molar-refractivity contribution in [3.05, 3.63) is 29.8 Å². The molecule has 21 heavy (non-hydrogen) atoms. The van der Waals surface area contributed by atoms with Gasteiger partial charge in [0.15, 0.2) is 6.10 Å². The third-order valence-electron chi connectivity index (χ3n) is 3.21. The van der Waals surface area contributed by atoms with Gasteiger partial charge in [0.2, 0.25) is 0 Å². The van der Waals surface area contributed by atoms with E-state index in [-0.39, 0.29) is 5.91 Å². The minimum Gasteiger partial charge on any atom is -0.479 e. The lowest BCUT2D eigenvalue weighted by Crippen LogP contribution is -2.30. The van der Waals surface area contributed by atoms with Gasteiger partial charge < -0.3 is 20.5 Å². The normalized spacial score (nSPS) is 20.8. The summed E-state index contributed by atoms with van der Waals surface area (Å²) < 4.78 is 5.16. The first-order valence-corrected chi connectivity index (χ1v) is 6.52. The van der Waals surface area contributed by atoms with Crippen molar-refractivity contribution < 1.29 is 24.2 Å². The largest absolute Gasteiger partial charge is 0.479 e. The van der Waals surface area contributed by atoms with Gasteiger partial charge in [-0.3, -0.25) is 9.59 Å². The smallest absolute Gasteiger partial charge is 0.332 e. The minimum atomic E-state index is -1.06. The zero-order valence-electron chi connectivity index (χ0n) is 11.5. The van der Waals surface area contributed by atoms with E-state index in [9.17, 15) is 14.4 Å². The second-order valence-corrected chi connectivity index (χ2v) is 4.68. The standard InChI is InChI=1S/C14H16N2O5/c1-15-12(17)8-3-2-4-9(7-8)16-13(18)10-5-6-11(21-10)14(19)20/h2-4,7,10-11H,5-6H2,1H3,(H,15,17)(H,16,18)(H,19,20)/t10-,11+/m0/s1. The molecule has 1 fully saturated rings. The van der Waals surface area contributed by atoms with E-state index in [0.29, 0.717) is 24.1 Å². The molecule has 7 heteroatoms. The minimum absolute atomic E-state index is 0.255. The van der Waals surface area contributed by atoms with E-state index in [1.165, 1.54) is 7.05 Å². The van der Waals surface area contributed by atoms with Gasteiger partial charge in [0.05, 0.1) is 0 Å². The Labute approximate surface area is 121 Å². The van der Waals surface area contributed by atoms with Crippen molar-refractivity contribution in [3.63, 3.8) is 0 Å². The highest BCUT2D eigenvalue weighted by atomic mass is 16.5. The van der Waals surface area contributed by atoms with Crippen LogP contribution in [-0.2, 0) is 14.3 Å². The summed E-state index contributed by atoms with van der Waals surface area (Å²) in [5.74, 6) is -1.73. The third kappa shape index (κ3) is 3.57. The highest BCUT2D eigenvalue weighted by Gasteiger charge is 2.34. The molecule has 112 valence electrons. The van der Waals surface area contributed by atoms with Gasteiger partial charge in [-0.25, -0.2) is 4.79 Å². The van der Waals surface area contributed by atoms with Crippen LogP contribution >= 0.6 is 0 Å². The van der Waals surface area contributed by atoms with Crippen LogP contribution in [0.4, 0.5) is 5.69 Å². The summed E-state index contributed by atoms with van der Waals surface area (Å²) in [6, 6.07) is 6.46. The Balaban J connectivity index is 2.00. The van der Waals surface area contributed by atoms with Crippen LogP contribution in [0.15, 0.2) is 24.3 Å². The first-order chi connectivity index (χ1) is 10.0. The van der Waals surface area contributed by atoms with Crippen molar-refractivity contribution in [2.24, 2.45) is 0 Å². The van der Waals surface area contributed by atoms with Crippen LogP contribution < -0.4 is 10.6 Å². The number of ether oxygens (including phenoxy) is 1. The van der Waals surface area contributed by atoms with Crippen molar-refractivity contribution >= 4 is 23.5 Å². The number of carbonyl (C=O) groups excluding carboxylic acids is 2. The summed E-state index contributed by atoms with van der Waals surface area (Å²) in [5.41, 5.74) is 0.884. The molecule has 1 heterocycles. The van der Waals surface area contributed by atoms with Gasteiger partial charge in [-0.05, 0) is 31.0 Å². The van der Waals surface area contributed by atoms with Crippen LogP contribution in [-0.4, -0.2) is 42.1 Å². The monoisotopic (exact) mass is 292 g/mol. The highest BCUT2D eigenvalue weighted by Crippen LogP contribution is 2.21. The number of anilines is 1. The van der Waals surface area contributed by atoms with E-state index in [1.54, 1.807) is 24.3 Å². The molecule has 0 spiro atoms. The number of hydrogen-bond donors (Lipinski definition) is 3. The molecular weight excluding hydrogens is 276 g/mol. The number of rotatable bonds is 4. The predicted molar refractivity (Wildman–Crippen MR) is 74.0 cm³/mol. The summed E-state index contributed by atoms with van der Waals surface area (Å²) in [4.78, 5) is 34.3. The topological polar surface area (TPSA) is 105 Å². The molecule has 2 amide bonds. The summed E-state index contributed by atoms with van der Waals surface area (Å²) in [6.07, 6.45) is -1.04. The summed E-state index contributed by atoms with van der Waals surface area (Å²) in [7, 11) is 1.52. The maximum atomic E-state index is 12.0. The van der Waals surface area contributed by atoms with Crippen LogP contribution in [0.3, 0.4) is 0 Å². The number of benzene rings is 1. The summed E-state index contributed by atoms with van der Waals surface area (Å²) in [6.45, 7) is 0. The molecule has 0 aliphatic carbocycles. The SMILES string of the molecule is CNC(=O)c1cccc(NC(=O)[C@@H]2CC[C@H](C(=O)O)O2)c1. The molecule has 7 nitrogen and oxygen atoms in total. The van der Waals surface area contributed by atoms with Gasteiger partial charge in [0, 0.05) is 18.3 Å². The highest BCUT2D eigenvalue weighted by molar-refractivity contribution is 5.98. The average molecular weight is 292 g/mol. The van der Waals surface area contributed by atoms with E-state index in [4.69, 9.17) is 9.84 Å². The number of carboxylic acids is 1. The quantitative estimate of drug-likeness (QED) is 0.754. The van der Waals surface area contributed by atoms with Crippen molar-refractivity contribution in [1.29, 1.82) is 0 Å². The molecule has 1 aliphatic rings. The number of hydrogen-bond acceptors (Lipinski definition) is 4. The van der Waals surface area contributed by atoms with Gasteiger partial charge in [0.25, 0.3) is 11.8 Å². The second kappa shape index (κ2) is 6.36. The van der Waals surface area contributed by atoms with Crippen LogP contribution in [0.2, 0.25) is 0 Å². The molecule has 2 rings (SSSR count). The molecule has 0 aromatic heterocycles. The lowest BCUT2D eigenvalue weighted by atomic mass is 10.1. The Morgan fingerprint density at radius 2 is 1.95 bits per heavy atom. The molecule has 0 saturated carbocycles. The molecule has 1 aromatic carbocycles. The number of aliphatic carboxylic acids is 1. The Kier molecular flexibility index (Phi) is 4.54. The number of amides is 2. The number of carbonyl (C=O) groups is 3. The number of nitrogens with one attached hydrogen (secondary N) is 2. The first kappa shape index (κ1) is 15.0. The van der Waals surface area contributed by atoms with E-state index >= 15 is 0 Å². The second-order valence-electron chi connectivity index (χ2n) is 4.68. The predicted octanol–water partition coefficient (Wildman–Crippen LogP) is 0.617. The fourth-order valence-electron chi connectivity index (χ4n) is 2.12. The van der Waals surface area contributed by atoms with Crippen molar-refractivity contribution in [1.82, 2.24) is 5.32 Å². The Bertz CT molecular complexity index is 572. The van der Waals surface area contributed by atoms with E-state index in [1.807, 2.05) is 0 Å². The van der Waals surface area contributed by atoms with Crippen LogP contribution in [0.1, 0.15) is 23.2 Å². The van der Waals surface area contributed by atoms with Crippen molar-refractivity contribution in [2.75, 3.05) is 12.4 Å². The summed E-state index contributed by atoms with van der Waals surface area (Å²) in [5, 5.41) is 13.9. The zero-order chi connectivity index (χ0) is 15.4. The van der Waals surface area contributed by atoms with Crippen molar-refractivity contribution in [2.45, 2.75) is 25.0 Å². The number of carboxylic acid groups (broad SMARTS) is 1.